The number of nitrogens with zero attached hydrogens (tertiary/aromatic N) is 3. The van der Waals surface area contributed by atoms with Crippen molar-refractivity contribution in [3.8, 4) is 17.0 Å². The second kappa shape index (κ2) is 6.65. The molecule has 4 rings (SSSR count). The van der Waals surface area contributed by atoms with E-state index in [1.807, 2.05) is 30.3 Å². The second-order valence-corrected chi connectivity index (χ2v) is 7.45. The Morgan fingerprint density at radius 3 is 2.69 bits per heavy atom. The Balaban J connectivity index is 1.70. The maximum atomic E-state index is 10.1. The van der Waals surface area contributed by atoms with E-state index in [0.29, 0.717) is 18.2 Å². The first-order chi connectivity index (χ1) is 12.5. The molecule has 5 heteroatoms. The molecule has 1 saturated carbocycles. The SMILES string of the molecule is CC(C)(O)c1ccc(-c2cc3ncccc3nc2OCCC2CC2)cn1. The third-order valence-electron chi connectivity index (χ3n) is 4.71. The van der Waals surface area contributed by atoms with Crippen LogP contribution < -0.4 is 4.74 Å². The van der Waals surface area contributed by atoms with Crippen LogP contribution in [0.4, 0.5) is 0 Å². The summed E-state index contributed by atoms with van der Waals surface area (Å²) in [5, 5.41) is 10.1. The van der Waals surface area contributed by atoms with Crippen LogP contribution in [0, 0.1) is 5.92 Å². The van der Waals surface area contributed by atoms with Gasteiger partial charge in [0.05, 0.1) is 23.3 Å². The molecule has 3 aromatic heterocycles. The quantitative estimate of drug-likeness (QED) is 0.726. The average Bonchev–Trinajstić information content (AvgIpc) is 3.45. The molecule has 1 N–H and O–H groups in total. The molecule has 3 heterocycles. The highest BCUT2D eigenvalue weighted by Crippen LogP contribution is 2.34. The molecule has 0 unspecified atom stereocenters. The molecule has 3 aromatic rings. The maximum absolute atomic E-state index is 10.1. The van der Waals surface area contributed by atoms with Crippen molar-refractivity contribution < 1.29 is 9.84 Å². The molecule has 1 fully saturated rings. The van der Waals surface area contributed by atoms with E-state index in [9.17, 15) is 5.11 Å². The lowest BCUT2D eigenvalue weighted by Crippen LogP contribution is -2.17. The van der Waals surface area contributed by atoms with Crippen molar-refractivity contribution >= 4 is 11.0 Å². The summed E-state index contributed by atoms with van der Waals surface area (Å²) in [5.74, 6) is 1.43. The van der Waals surface area contributed by atoms with Crippen molar-refractivity contribution in [3.63, 3.8) is 0 Å². The molecule has 0 bridgehead atoms. The third kappa shape index (κ3) is 3.68. The van der Waals surface area contributed by atoms with Gasteiger partial charge in [-0.2, -0.15) is 0 Å². The van der Waals surface area contributed by atoms with Crippen LogP contribution in [0.2, 0.25) is 0 Å². The molecular formula is C21H23N3O2. The van der Waals surface area contributed by atoms with Gasteiger partial charge >= 0.3 is 0 Å². The van der Waals surface area contributed by atoms with Crippen molar-refractivity contribution in [1.29, 1.82) is 0 Å². The Morgan fingerprint density at radius 1 is 1.15 bits per heavy atom. The summed E-state index contributed by atoms with van der Waals surface area (Å²) in [7, 11) is 0. The van der Waals surface area contributed by atoms with Crippen LogP contribution >= 0.6 is 0 Å². The lowest BCUT2D eigenvalue weighted by molar-refractivity contribution is 0.0739. The van der Waals surface area contributed by atoms with Gasteiger partial charge in [0.2, 0.25) is 5.88 Å². The van der Waals surface area contributed by atoms with Gasteiger partial charge in [0.15, 0.2) is 0 Å². The maximum Gasteiger partial charge on any atom is 0.222 e. The van der Waals surface area contributed by atoms with Gasteiger partial charge in [0.25, 0.3) is 0 Å². The van der Waals surface area contributed by atoms with Crippen LogP contribution in [-0.4, -0.2) is 26.7 Å². The first-order valence-corrected chi connectivity index (χ1v) is 9.08. The molecule has 0 aliphatic heterocycles. The minimum atomic E-state index is -0.967. The first-order valence-electron chi connectivity index (χ1n) is 9.08. The molecule has 0 saturated heterocycles. The summed E-state index contributed by atoms with van der Waals surface area (Å²) >= 11 is 0. The minimum Gasteiger partial charge on any atom is -0.477 e. The van der Waals surface area contributed by atoms with E-state index in [-0.39, 0.29) is 0 Å². The number of aromatic nitrogens is 3. The summed E-state index contributed by atoms with van der Waals surface area (Å²) in [4.78, 5) is 13.5. The van der Waals surface area contributed by atoms with E-state index in [1.165, 1.54) is 12.8 Å². The zero-order valence-corrected chi connectivity index (χ0v) is 15.1. The Bertz CT molecular complexity index is 913. The Morgan fingerprint density at radius 2 is 2.00 bits per heavy atom. The molecular weight excluding hydrogens is 326 g/mol. The Kier molecular flexibility index (Phi) is 4.32. The molecule has 5 nitrogen and oxygen atoms in total. The fourth-order valence-electron chi connectivity index (χ4n) is 2.94. The molecule has 0 amide bonds. The van der Waals surface area contributed by atoms with Crippen molar-refractivity contribution in [2.75, 3.05) is 6.61 Å². The molecule has 0 spiro atoms. The molecule has 26 heavy (non-hydrogen) atoms. The number of ether oxygens (including phenoxy) is 1. The van der Waals surface area contributed by atoms with Crippen molar-refractivity contribution in [2.45, 2.75) is 38.7 Å². The van der Waals surface area contributed by atoms with Gasteiger partial charge in [-0.1, -0.05) is 18.9 Å². The van der Waals surface area contributed by atoms with Crippen LogP contribution in [-0.2, 0) is 5.60 Å². The molecule has 0 aromatic carbocycles. The van der Waals surface area contributed by atoms with Gasteiger partial charge in [-0.05, 0) is 50.5 Å². The summed E-state index contributed by atoms with van der Waals surface area (Å²) in [5.41, 5.74) is 3.08. The van der Waals surface area contributed by atoms with Crippen LogP contribution in [0.1, 0.15) is 38.8 Å². The van der Waals surface area contributed by atoms with Crippen molar-refractivity contribution in [3.05, 3.63) is 48.4 Å². The molecule has 1 aliphatic carbocycles. The van der Waals surface area contributed by atoms with Crippen LogP contribution in [0.5, 0.6) is 5.88 Å². The monoisotopic (exact) mass is 349 g/mol. The van der Waals surface area contributed by atoms with E-state index in [0.717, 1.165) is 34.5 Å². The van der Waals surface area contributed by atoms with E-state index < -0.39 is 5.60 Å². The first kappa shape index (κ1) is 16.9. The van der Waals surface area contributed by atoms with Gasteiger partial charge in [-0.15, -0.1) is 0 Å². The summed E-state index contributed by atoms with van der Waals surface area (Å²) < 4.78 is 6.03. The van der Waals surface area contributed by atoms with E-state index in [1.54, 1.807) is 26.2 Å². The van der Waals surface area contributed by atoms with Crippen LogP contribution in [0.3, 0.4) is 0 Å². The van der Waals surface area contributed by atoms with Crippen LogP contribution in [0.25, 0.3) is 22.2 Å². The normalized spacial score (nSPS) is 14.6. The van der Waals surface area contributed by atoms with Crippen LogP contribution in [0.15, 0.2) is 42.7 Å². The lowest BCUT2D eigenvalue weighted by Gasteiger charge is -2.17. The predicted molar refractivity (Wildman–Crippen MR) is 101 cm³/mol. The van der Waals surface area contributed by atoms with Crippen molar-refractivity contribution in [2.24, 2.45) is 5.92 Å². The Hall–Kier alpha value is -2.53. The highest BCUT2D eigenvalue weighted by atomic mass is 16.5. The average molecular weight is 349 g/mol. The number of hydrogen-bond donors (Lipinski definition) is 1. The smallest absolute Gasteiger partial charge is 0.222 e. The van der Waals surface area contributed by atoms with Gasteiger partial charge in [0.1, 0.15) is 5.60 Å². The van der Waals surface area contributed by atoms with E-state index >= 15 is 0 Å². The highest BCUT2D eigenvalue weighted by molar-refractivity contribution is 5.83. The molecule has 1 aliphatic rings. The number of hydrogen-bond acceptors (Lipinski definition) is 5. The van der Waals surface area contributed by atoms with Crippen molar-refractivity contribution in [1.82, 2.24) is 15.0 Å². The summed E-state index contributed by atoms with van der Waals surface area (Å²) in [6.45, 7) is 4.12. The van der Waals surface area contributed by atoms with Gasteiger partial charge < -0.3 is 9.84 Å². The standard InChI is InChI=1S/C21H23N3O2/c1-21(2,25)19-8-7-15(13-23-19)16-12-18-17(4-3-10-22-18)24-20(16)26-11-9-14-5-6-14/h3-4,7-8,10,12-14,25H,5-6,9,11H2,1-2H3. The highest BCUT2D eigenvalue weighted by Gasteiger charge is 2.22. The lowest BCUT2D eigenvalue weighted by atomic mass is 10.0. The zero-order valence-electron chi connectivity index (χ0n) is 15.1. The number of aliphatic hydroxyl groups is 1. The number of pyridine rings is 3. The topological polar surface area (TPSA) is 68.1 Å². The van der Waals surface area contributed by atoms with Gasteiger partial charge in [-0.3, -0.25) is 9.97 Å². The third-order valence-corrected chi connectivity index (χ3v) is 4.71. The Labute approximate surface area is 153 Å². The number of rotatable bonds is 6. The summed E-state index contributed by atoms with van der Waals surface area (Å²) in [6.07, 6.45) is 7.22. The number of fused-ring (bicyclic) bond motifs is 1. The van der Waals surface area contributed by atoms with E-state index in [4.69, 9.17) is 4.74 Å². The van der Waals surface area contributed by atoms with Gasteiger partial charge in [-0.25, -0.2) is 4.98 Å². The molecule has 134 valence electrons. The molecule has 0 radical (unpaired) electrons. The summed E-state index contributed by atoms with van der Waals surface area (Å²) in [6, 6.07) is 9.60. The molecule has 0 atom stereocenters. The largest absolute Gasteiger partial charge is 0.477 e. The zero-order chi connectivity index (χ0) is 18.1. The minimum absolute atomic E-state index is 0.615. The predicted octanol–water partition coefficient (Wildman–Crippen LogP) is 4.10. The fourth-order valence-corrected chi connectivity index (χ4v) is 2.94. The van der Waals surface area contributed by atoms with E-state index in [2.05, 4.69) is 15.0 Å². The van der Waals surface area contributed by atoms with Gasteiger partial charge in [0, 0.05) is 23.5 Å². The second-order valence-electron chi connectivity index (χ2n) is 7.45. The fraction of sp³-hybridized carbons (Fsp3) is 0.381.